The van der Waals surface area contributed by atoms with Crippen LogP contribution in [-0.2, 0) is 4.74 Å². The maximum Gasteiger partial charge on any atom is 0.0648 e. The maximum atomic E-state index is 5.41. The zero-order valence-electron chi connectivity index (χ0n) is 8.44. The molecule has 1 fully saturated rings. The van der Waals surface area contributed by atoms with Gasteiger partial charge in [-0.2, -0.15) is 0 Å². The molecule has 3 heteroatoms. The van der Waals surface area contributed by atoms with E-state index >= 15 is 0 Å². The van der Waals surface area contributed by atoms with E-state index in [0.29, 0.717) is 0 Å². The van der Waals surface area contributed by atoms with E-state index in [4.69, 9.17) is 4.74 Å². The summed E-state index contributed by atoms with van der Waals surface area (Å²) < 4.78 is 5.41. The third-order valence-electron chi connectivity index (χ3n) is 2.34. The summed E-state index contributed by atoms with van der Waals surface area (Å²) in [4.78, 5) is 0.222. The van der Waals surface area contributed by atoms with Crippen molar-refractivity contribution in [2.75, 3.05) is 19.4 Å². The first-order valence-corrected chi connectivity index (χ1v) is 5.40. The van der Waals surface area contributed by atoms with Crippen molar-refractivity contribution in [1.29, 1.82) is 0 Å². The summed E-state index contributed by atoms with van der Waals surface area (Å²) in [5.74, 6) is 1.22. The second-order valence-electron chi connectivity index (χ2n) is 4.15. The lowest BCUT2D eigenvalue weighted by Gasteiger charge is -2.33. The Morgan fingerprint density at radius 2 is 2.25 bits per heavy atom. The largest absolute Gasteiger partial charge is 0.379 e. The quantitative estimate of drug-likeness (QED) is 0.732. The predicted molar refractivity (Wildman–Crippen MR) is 54.6 cm³/mol. The van der Waals surface area contributed by atoms with Crippen LogP contribution in [0.4, 0.5) is 0 Å². The predicted octanol–water partition coefficient (Wildman–Crippen LogP) is 1.85. The van der Waals surface area contributed by atoms with Crippen molar-refractivity contribution >= 4 is 11.8 Å². The molecule has 0 aromatic carbocycles. The molecular weight excluding hydrogens is 170 g/mol. The van der Waals surface area contributed by atoms with Gasteiger partial charge in [-0.15, -0.1) is 11.8 Å². The molecule has 0 radical (unpaired) electrons. The molecule has 12 heavy (non-hydrogen) atoms. The summed E-state index contributed by atoms with van der Waals surface area (Å²) in [5, 5.41) is 3.51. The van der Waals surface area contributed by atoms with E-state index in [1.54, 1.807) is 7.11 Å². The Balaban J connectivity index is 2.48. The number of nitrogens with one attached hydrogen (secondary N) is 1. The highest BCUT2D eigenvalue weighted by Crippen LogP contribution is 2.35. The molecule has 0 amide bonds. The summed E-state index contributed by atoms with van der Waals surface area (Å²) in [5.41, 5.74) is -0.0148. The number of thioether (sulfide) groups is 1. The van der Waals surface area contributed by atoms with Gasteiger partial charge >= 0.3 is 0 Å². The van der Waals surface area contributed by atoms with E-state index < -0.39 is 0 Å². The highest BCUT2D eigenvalue weighted by Gasteiger charge is 2.35. The fourth-order valence-corrected chi connectivity index (χ4v) is 2.95. The van der Waals surface area contributed by atoms with Crippen LogP contribution < -0.4 is 5.32 Å². The molecule has 1 N–H and O–H groups in total. The van der Waals surface area contributed by atoms with Gasteiger partial charge in [-0.1, -0.05) is 0 Å². The first-order valence-electron chi connectivity index (χ1n) is 4.42. The van der Waals surface area contributed by atoms with Crippen molar-refractivity contribution in [2.24, 2.45) is 0 Å². The van der Waals surface area contributed by atoms with Crippen molar-refractivity contribution < 1.29 is 4.74 Å². The molecule has 1 saturated heterocycles. The molecule has 1 rings (SSSR count). The second-order valence-corrected chi connectivity index (χ2v) is 5.74. The fraction of sp³-hybridized carbons (Fsp3) is 1.00. The summed E-state index contributed by atoms with van der Waals surface area (Å²) in [6, 6.07) is 0. The highest BCUT2D eigenvalue weighted by atomic mass is 32.2. The van der Waals surface area contributed by atoms with Gasteiger partial charge in [0.05, 0.1) is 10.5 Å². The van der Waals surface area contributed by atoms with Crippen molar-refractivity contribution in [3.63, 3.8) is 0 Å². The van der Waals surface area contributed by atoms with Crippen LogP contribution in [0.1, 0.15) is 27.2 Å². The van der Waals surface area contributed by atoms with Gasteiger partial charge < -0.3 is 10.1 Å². The number of rotatable bonds is 3. The van der Waals surface area contributed by atoms with Crippen LogP contribution in [0, 0.1) is 0 Å². The molecule has 2 nitrogen and oxygen atoms in total. The van der Waals surface area contributed by atoms with Crippen LogP contribution in [0.3, 0.4) is 0 Å². The van der Waals surface area contributed by atoms with Gasteiger partial charge in [-0.3, -0.25) is 0 Å². The monoisotopic (exact) mass is 189 g/mol. The minimum atomic E-state index is -0.0148. The van der Waals surface area contributed by atoms with Crippen molar-refractivity contribution in [1.82, 2.24) is 5.32 Å². The maximum absolute atomic E-state index is 5.41. The molecule has 1 aliphatic rings. The number of methoxy groups -OCH3 is 1. The third kappa shape index (κ3) is 2.64. The Morgan fingerprint density at radius 3 is 2.67 bits per heavy atom. The lowest BCUT2D eigenvalue weighted by atomic mass is 9.99. The summed E-state index contributed by atoms with van der Waals surface area (Å²) in [6.45, 7) is 7.66. The molecule has 0 spiro atoms. The molecule has 0 saturated carbocycles. The van der Waals surface area contributed by atoms with E-state index in [-0.39, 0.29) is 10.5 Å². The van der Waals surface area contributed by atoms with Gasteiger partial charge in [0, 0.05) is 25.8 Å². The lowest BCUT2D eigenvalue weighted by molar-refractivity contribution is 0.00599. The Morgan fingerprint density at radius 1 is 1.58 bits per heavy atom. The molecule has 1 aliphatic heterocycles. The Hall–Kier alpha value is 0.270. The fourth-order valence-electron chi connectivity index (χ4n) is 1.64. The van der Waals surface area contributed by atoms with Gasteiger partial charge in [0.25, 0.3) is 0 Å². The second kappa shape index (κ2) is 3.56. The van der Waals surface area contributed by atoms with E-state index in [1.165, 1.54) is 5.75 Å². The molecule has 1 heterocycles. The SMILES string of the molecule is COC(C)(C)CC1(C)NCCS1. The summed E-state index contributed by atoms with van der Waals surface area (Å²) in [7, 11) is 1.78. The third-order valence-corrected chi connectivity index (χ3v) is 3.67. The van der Waals surface area contributed by atoms with Crippen molar-refractivity contribution in [3.05, 3.63) is 0 Å². The van der Waals surface area contributed by atoms with Crippen LogP contribution in [0.15, 0.2) is 0 Å². The van der Waals surface area contributed by atoms with Crippen molar-refractivity contribution in [3.8, 4) is 0 Å². The first kappa shape index (κ1) is 10.4. The summed E-state index contributed by atoms with van der Waals surface area (Å²) >= 11 is 2.00. The molecule has 1 unspecified atom stereocenters. The van der Waals surface area contributed by atoms with Gasteiger partial charge in [0.2, 0.25) is 0 Å². The van der Waals surface area contributed by atoms with E-state index in [9.17, 15) is 0 Å². The normalized spacial score (nSPS) is 31.0. The zero-order chi connectivity index (χ0) is 9.24. The number of hydrogen-bond donors (Lipinski definition) is 1. The molecule has 0 aliphatic carbocycles. The molecular formula is C9H19NOS. The van der Waals surface area contributed by atoms with E-state index in [2.05, 4.69) is 26.1 Å². The van der Waals surface area contributed by atoms with Gasteiger partial charge in [-0.25, -0.2) is 0 Å². The van der Waals surface area contributed by atoms with Crippen LogP contribution in [0.25, 0.3) is 0 Å². The minimum absolute atomic E-state index is 0.0148. The lowest BCUT2D eigenvalue weighted by Crippen LogP contribution is -2.41. The van der Waals surface area contributed by atoms with Gasteiger partial charge in [0.15, 0.2) is 0 Å². The molecule has 72 valence electrons. The zero-order valence-corrected chi connectivity index (χ0v) is 9.25. The van der Waals surface area contributed by atoms with E-state index in [0.717, 1.165) is 13.0 Å². The molecule has 0 aromatic heterocycles. The molecule has 0 aromatic rings. The molecule has 0 bridgehead atoms. The average Bonchev–Trinajstić information content (AvgIpc) is 2.35. The number of hydrogen-bond acceptors (Lipinski definition) is 3. The van der Waals surface area contributed by atoms with Crippen LogP contribution in [0.2, 0.25) is 0 Å². The first-order chi connectivity index (χ1) is 5.47. The van der Waals surface area contributed by atoms with Crippen molar-refractivity contribution in [2.45, 2.75) is 37.7 Å². The minimum Gasteiger partial charge on any atom is -0.379 e. The van der Waals surface area contributed by atoms with Gasteiger partial charge in [-0.05, 0) is 20.8 Å². The van der Waals surface area contributed by atoms with Crippen LogP contribution >= 0.6 is 11.8 Å². The molecule has 1 atom stereocenters. The van der Waals surface area contributed by atoms with E-state index in [1.807, 2.05) is 11.8 Å². The number of ether oxygens (including phenoxy) is 1. The van der Waals surface area contributed by atoms with Crippen LogP contribution in [0.5, 0.6) is 0 Å². The Kier molecular flexibility index (Phi) is 3.07. The topological polar surface area (TPSA) is 21.3 Å². The van der Waals surface area contributed by atoms with Gasteiger partial charge in [0.1, 0.15) is 0 Å². The Bertz CT molecular complexity index is 153. The van der Waals surface area contributed by atoms with Crippen LogP contribution in [-0.4, -0.2) is 29.9 Å². The standard InChI is InChI=1S/C9H19NOS/c1-8(2,11-4)7-9(3)10-5-6-12-9/h10H,5-7H2,1-4H3. The average molecular weight is 189 g/mol. The smallest absolute Gasteiger partial charge is 0.0648 e. The highest BCUT2D eigenvalue weighted by molar-refractivity contribution is 8.00. The summed E-state index contributed by atoms with van der Waals surface area (Å²) in [6.07, 6.45) is 1.06. The Labute approximate surface area is 79.4 Å².